The molecule has 0 radical (unpaired) electrons. The van der Waals surface area contributed by atoms with E-state index in [0.29, 0.717) is 5.75 Å². The van der Waals surface area contributed by atoms with E-state index in [9.17, 15) is 5.11 Å². The lowest BCUT2D eigenvalue weighted by molar-refractivity contribution is 0.476. The monoisotopic (exact) mass is 299 g/mol. The number of hydrogen-bond donors (Lipinski definition) is 2. The smallest absolute Gasteiger partial charge is 0.116 e. The van der Waals surface area contributed by atoms with Crippen LogP contribution in [0.15, 0.2) is 46.2 Å². The highest BCUT2D eigenvalue weighted by Crippen LogP contribution is 2.46. The van der Waals surface area contributed by atoms with Crippen molar-refractivity contribution in [2.45, 2.75) is 15.5 Å². The summed E-state index contributed by atoms with van der Waals surface area (Å²) in [6, 6.07) is 11.9. The fraction of sp³-hybridized carbons (Fsp3) is 0.125. The highest BCUT2D eigenvalue weighted by atomic mass is 32.2. The molecule has 0 saturated carbocycles. The van der Waals surface area contributed by atoms with E-state index in [0.717, 1.165) is 21.6 Å². The van der Waals surface area contributed by atoms with Crippen molar-refractivity contribution < 1.29 is 5.11 Å². The van der Waals surface area contributed by atoms with E-state index in [1.165, 1.54) is 21.7 Å². The van der Waals surface area contributed by atoms with Gasteiger partial charge in [0, 0.05) is 39.1 Å². The molecular weight excluding hydrogens is 286 g/mol. The number of thiol groups is 1. The van der Waals surface area contributed by atoms with E-state index in [-0.39, 0.29) is 0 Å². The van der Waals surface area contributed by atoms with Gasteiger partial charge in [0.25, 0.3) is 0 Å². The maximum absolute atomic E-state index is 9.75. The molecular formula is C16H13NOS2. The zero-order chi connectivity index (χ0) is 13.9. The van der Waals surface area contributed by atoms with Crippen molar-refractivity contribution in [3.05, 3.63) is 42.0 Å². The van der Waals surface area contributed by atoms with Gasteiger partial charge in [0.1, 0.15) is 5.75 Å². The molecule has 1 aliphatic heterocycles. The second-order valence-electron chi connectivity index (χ2n) is 5.06. The number of fused-ring (bicyclic) bond motifs is 5. The average Bonchev–Trinajstić information content (AvgIpc) is 2.71. The molecule has 1 aliphatic rings. The summed E-state index contributed by atoms with van der Waals surface area (Å²) in [6.45, 7) is 0. The molecule has 1 aromatic heterocycles. The number of aromatic nitrogens is 1. The molecule has 100 valence electrons. The van der Waals surface area contributed by atoms with Crippen molar-refractivity contribution in [2.24, 2.45) is 7.05 Å². The summed E-state index contributed by atoms with van der Waals surface area (Å²) in [7, 11) is 2.09. The number of aryl methyl sites for hydroxylation is 1. The second kappa shape index (κ2) is 4.24. The van der Waals surface area contributed by atoms with Crippen LogP contribution in [0.3, 0.4) is 0 Å². The molecule has 0 fully saturated rings. The molecule has 0 spiro atoms. The lowest BCUT2D eigenvalue weighted by Gasteiger charge is -2.18. The topological polar surface area (TPSA) is 25.2 Å². The first-order chi connectivity index (χ1) is 9.65. The predicted molar refractivity (Wildman–Crippen MR) is 86.8 cm³/mol. The van der Waals surface area contributed by atoms with Gasteiger partial charge in [-0.15, -0.1) is 24.4 Å². The van der Waals surface area contributed by atoms with Gasteiger partial charge in [0.2, 0.25) is 0 Å². The van der Waals surface area contributed by atoms with E-state index in [1.54, 1.807) is 6.07 Å². The SMILES string of the molecule is Cn1c2c(c3cc(O)ccc31)CSc1cc(S)ccc1-2. The van der Waals surface area contributed by atoms with Gasteiger partial charge in [0.05, 0.1) is 5.69 Å². The molecule has 0 aliphatic carbocycles. The van der Waals surface area contributed by atoms with Crippen LogP contribution in [-0.2, 0) is 12.8 Å². The Balaban J connectivity index is 2.11. The second-order valence-corrected chi connectivity index (χ2v) is 6.59. The zero-order valence-corrected chi connectivity index (χ0v) is 12.6. The number of benzene rings is 2. The Labute approximate surface area is 126 Å². The number of phenols is 1. The van der Waals surface area contributed by atoms with E-state index in [1.807, 2.05) is 30.0 Å². The minimum absolute atomic E-state index is 0.326. The molecule has 4 rings (SSSR count). The molecule has 0 bridgehead atoms. The molecule has 2 aromatic carbocycles. The zero-order valence-electron chi connectivity index (χ0n) is 10.9. The maximum Gasteiger partial charge on any atom is 0.116 e. The first kappa shape index (κ1) is 12.2. The molecule has 0 atom stereocenters. The van der Waals surface area contributed by atoms with Crippen LogP contribution in [0.2, 0.25) is 0 Å². The average molecular weight is 299 g/mol. The van der Waals surface area contributed by atoms with Crippen LogP contribution in [0, 0.1) is 0 Å². The molecule has 2 nitrogen and oxygen atoms in total. The Morgan fingerprint density at radius 3 is 2.90 bits per heavy atom. The summed E-state index contributed by atoms with van der Waals surface area (Å²) in [6.07, 6.45) is 0. The van der Waals surface area contributed by atoms with Gasteiger partial charge in [-0.3, -0.25) is 0 Å². The van der Waals surface area contributed by atoms with Crippen molar-refractivity contribution in [3.63, 3.8) is 0 Å². The number of nitrogens with zero attached hydrogens (tertiary/aromatic N) is 1. The molecule has 2 heterocycles. The number of phenolic OH excluding ortho intramolecular Hbond substituents is 1. The van der Waals surface area contributed by atoms with Gasteiger partial charge in [-0.25, -0.2) is 0 Å². The van der Waals surface area contributed by atoms with Crippen LogP contribution >= 0.6 is 24.4 Å². The van der Waals surface area contributed by atoms with Gasteiger partial charge < -0.3 is 9.67 Å². The van der Waals surface area contributed by atoms with Crippen molar-refractivity contribution in [1.29, 1.82) is 0 Å². The number of rotatable bonds is 0. The maximum atomic E-state index is 9.75. The number of thioether (sulfide) groups is 1. The highest BCUT2D eigenvalue weighted by Gasteiger charge is 2.23. The Kier molecular flexibility index (Phi) is 2.59. The predicted octanol–water partition coefficient (Wildman–Crippen LogP) is 4.45. The Bertz CT molecular complexity index is 851. The summed E-state index contributed by atoms with van der Waals surface area (Å²) in [4.78, 5) is 2.27. The van der Waals surface area contributed by atoms with Crippen LogP contribution in [0.1, 0.15) is 5.56 Å². The minimum atomic E-state index is 0.326. The van der Waals surface area contributed by atoms with Crippen LogP contribution in [0.5, 0.6) is 5.75 Å². The first-order valence-electron chi connectivity index (χ1n) is 6.41. The van der Waals surface area contributed by atoms with Crippen LogP contribution in [0.4, 0.5) is 0 Å². The minimum Gasteiger partial charge on any atom is -0.508 e. The Morgan fingerprint density at radius 1 is 1.20 bits per heavy atom. The van der Waals surface area contributed by atoms with Crippen molar-refractivity contribution in [1.82, 2.24) is 4.57 Å². The summed E-state index contributed by atoms with van der Waals surface area (Å²) < 4.78 is 2.22. The third-order valence-corrected chi connectivity index (χ3v) is 5.24. The van der Waals surface area contributed by atoms with E-state index in [4.69, 9.17) is 0 Å². The molecule has 3 aromatic rings. The molecule has 20 heavy (non-hydrogen) atoms. The van der Waals surface area contributed by atoms with Crippen molar-refractivity contribution in [2.75, 3.05) is 0 Å². The normalized spacial score (nSPS) is 13.3. The van der Waals surface area contributed by atoms with E-state index < -0.39 is 0 Å². The summed E-state index contributed by atoms with van der Waals surface area (Å²) in [5.74, 6) is 1.26. The van der Waals surface area contributed by atoms with E-state index >= 15 is 0 Å². The summed E-state index contributed by atoms with van der Waals surface area (Å²) >= 11 is 6.26. The van der Waals surface area contributed by atoms with Gasteiger partial charge >= 0.3 is 0 Å². The lowest BCUT2D eigenvalue weighted by atomic mass is 10.1. The molecule has 4 heteroatoms. The van der Waals surface area contributed by atoms with Crippen molar-refractivity contribution >= 4 is 35.3 Å². The molecule has 0 unspecified atom stereocenters. The fourth-order valence-corrected chi connectivity index (χ4v) is 4.39. The quantitative estimate of drug-likeness (QED) is 0.600. The van der Waals surface area contributed by atoms with Crippen LogP contribution in [-0.4, -0.2) is 9.67 Å². The van der Waals surface area contributed by atoms with Gasteiger partial charge in [-0.2, -0.15) is 0 Å². The molecule has 1 N–H and O–H groups in total. The fourth-order valence-electron chi connectivity index (χ4n) is 2.97. The standard InChI is InChI=1S/C16H13NOS2/c1-17-14-5-2-9(18)6-12(14)13-8-20-15-7-10(19)3-4-11(15)16(13)17/h2-7,18-19H,8H2,1H3. The van der Waals surface area contributed by atoms with Gasteiger partial charge in [0.15, 0.2) is 0 Å². The van der Waals surface area contributed by atoms with Crippen LogP contribution in [0.25, 0.3) is 22.2 Å². The lowest BCUT2D eigenvalue weighted by Crippen LogP contribution is -1.99. The van der Waals surface area contributed by atoms with Crippen LogP contribution < -0.4 is 0 Å². The molecule has 0 saturated heterocycles. The van der Waals surface area contributed by atoms with E-state index in [2.05, 4.69) is 36.4 Å². The number of aromatic hydroxyl groups is 1. The third kappa shape index (κ3) is 1.61. The Hall–Kier alpha value is -1.52. The highest BCUT2D eigenvalue weighted by molar-refractivity contribution is 7.98. The number of hydrogen-bond acceptors (Lipinski definition) is 3. The third-order valence-electron chi connectivity index (χ3n) is 3.88. The summed E-state index contributed by atoms with van der Waals surface area (Å²) in [5.41, 5.74) is 4.99. The summed E-state index contributed by atoms with van der Waals surface area (Å²) in [5, 5.41) is 10.9. The largest absolute Gasteiger partial charge is 0.508 e. The Morgan fingerprint density at radius 2 is 2.05 bits per heavy atom. The first-order valence-corrected chi connectivity index (χ1v) is 7.85. The van der Waals surface area contributed by atoms with Crippen molar-refractivity contribution in [3.8, 4) is 17.0 Å². The molecule has 0 amide bonds. The van der Waals surface area contributed by atoms with Gasteiger partial charge in [-0.1, -0.05) is 6.07 Å². The van der Waals surface area contributed by atoms with Gasteiger partial charge in [-0.05, 0) is 35.9 Å².